The van der Waals surface area contributed by atoms with E-state index in [1.54, 1.807) is 0 Å². The average Bonchev–Trinajstić information content (AvgIpc) is 4.06. The highest BCUT2D eigenvalue weighted by Crippen LogP contribution is 2.37. The topological polar surface area (TPSA) is 90.7 Å². The summed E-state index contributed by atoms with van der Waals surface area (Å²) in [7, 11) is 0. The molecule has 346 valence electrons. The lowest BCUT2D eigenvalue weighted by atomic mass is 9.98. The maximum absolute atomic E-state index is 6.34. The largest absolute Gasteiger partial charge is 0.456 e. The van der Waals surface area contributed by atoms with Crippen molar-refractivity contribution >= 4 is 43.9 Å². The van der Waals surface area contributed by atoms with Gasteiger partial charge in [-0.1, -0.05) is 188 Å². The van der Waals surface area contributed by atoms with Crippen LogP contribution in [-0.4, -0.2) is 24.9 Å². The van der Waals surface area contributed by atoms with E-state index in [1.165, 1.54) is 0 Å². The van der Waals surface area contributed by atoms with Crippen molar-refractivity contribution in [1.29, 1.82) is 0 Å². The number of benzene rings is 10. The van der Waals surface area contributed by atoms with Gasteiger partial charge >= 0.3 is 0 Å². The number of hydrogen-bond donors (Lipinski definition) is 0. The molecule has 10 aromatic carbocycles. The smallest absolute Gasteiger partial charge is 0.164 e. The predicted octanol–water partition coefficient (Wildman–Crippen LogP) is 17.5. The van der Waals surface area contributed by atoms with Gasteiger partial charge < -0.3 is 8.83 Å². The van der Waals surface area contributed by atoms with E-state index in [0.29, 0.717) is 23.3 Å². The van der Waals surface area contributed by atoms with E-state index >= 15 is 0 Å². The summed E-state index contributed by atoms with van der Waals surface area (Å²) >= 11 is 0. The van der Waals surface area contributed by atoms with Crippen molar-refractivity contribution in [1.82, 2.24) is 24.9 Å². The summed E-state index contributed by atoms with van der Waals surface area (Å²) in [6.45, 7) is 0. The van der Waals surface area contributed by atoms with E-state index < -0.39 is 0 Å². The first-order valence-corrected chi connectivity index (χ1v) is 24.6. The van der Waals surface area contributed by atoms with Crippen molar-refractivity contribution in [2.45, 2.75) is 0 Å². The molecule has 0 amide bonds. The van der Waals surface area contributed by atoms with Gasteiger partial charge in [0.15, 0.2) is 23.3 Å². The van der Waals surface area contributed by atoms with Crippen LogP contribution in [0.2, 0.25) is 0 Å². The van der Waals surface area contributed by atoms with Crippen LogP contribution in [-0.2, 0) is 0 Å². The Labute approximate surface area is 425 Å². The number of fused-ring (bicyclic) bond motifs is 6. The van der Waals surface area contributed by atoms with Gasteiger partial charge in [0.25, 0.3) is 0 Å². The summed E-state index contributed by atoms with van der Waals surface area (Å²) in [6.07, 6.45) is 0. The first-order chi connectivity index (χ1) is 36.6. The first-order valence-electron chi connectivity index (χ1n) is 24.6. The lowest BCUT2D eigenvalue weighted by molar-refractivity contribution is 0.668. The Bertz CT molecular complexity index is 4430. The van der Waals surface area contributed by atoms with Crippen molar-refractivity contribution in [3.63, 3.8) is 0 Å². The first kappa shape index (κ1) is 42.7. The lowest BCUT2D eigenvalue weighted by Gasteiger charge is -2.12. The summed E-state index contributed by atoms with van der Waals surface area (Å²) in [5.74, 6) is 2.29. The van der Waals surface area contributed by atoms with Crippen molar-refractivity contribution in [3.8, 4) is 101 Å². The number of aromatic nitrogens is 5. The predicted molar refractivity (Wildman–Crippen MR) is 299 cm³/mol. The third-order valence-electron chi connectivity index (χ3n) is 13.8. The van der Waals surface area contributed by atoms with Crippen LogP contribution in [0.1, 0.15) is 0 Å². The zero-order valence-corrected chi connectivity index (χ0v) is 39.7. The molecule has 4 aromatic heterocycles. The fourth-order valence-electron chi connectivity index (χ4n) is 9.99. The molecule has 7 nitrogen and oxygen atoms in total. The van der Waals surface area contributed by atoms with Crippen LogP contribution < -0.4 is 0 Å². The zero-order valence-electron chi connectivity index (χ0n) is 39.7. The summed E-state index contributed by atoms with van der Waals surface area (Å²) in [6, 6.07) is 85.4. The fourth-order valence-corrected chi connectivity index (χ4v) is 9.99. The van der Waals surface area contributed by atoms with Crippen LogP contribution in [0.4, 0.5) is 0 Å². The van der Waals surface area contributed by atoms with Gasteiger partial charge in [0.05, 0.1) is 11.4 Å². The quantitative estimate of drug-likeness (QED) is 0.142. The summed E-state index contributed by atoms with van der Waals surface area (Å²) < 4.78 is 12.7. The molecule has 14 rings (SSSR count). The zero-order chi connectivity index (χ0) is 49.0. The molecule has 0 unspecified atom stereocenters. The molecule has 0 N–H and O–H groups in total. The van der Waals surface area contributed by atoms with E-state index in [1.807, 2.05) is 60.7 Å². The number of nitrogens with zero attached hydrogens (tertiary/aromatic N) is 5. The molecule has 0 bridgehead atoms. The van der Waals surface area contributed by atoms with E-state index in [2.05, 4.69) is 188 Å². The van der Waals surface area contributed by atoms with Gasteiger partial charge in [-0.2, -0.15) is 0 Å². The Morgan fingerprint density at radius 3 is 1.04 bits per heavy atom. The molecule has 0 fully saturated rings. The van der Waals surface area contributed by atoms with Gasteiger partial charge in [-0.15, -0.1) is 0 Å². The third kappa shape index (κ3) is 7.95. The highest BCUT2D eigenvalue weighted by Gasteiger charge is 2.18. The van der Waals surface area contributed by atoms with Crippen LogP contribution in [0.5, 0.6) is 0 Å². The molecule has 0 aliphatic carbocycles. The second kappa shape index (κ2) is 17.9. The van der Waals surface area contributed by atoms with Crippen molar-refractivity contribution in [3.05, 3.63) is 249 Å². The second-order valence-electron chi connectivity index (χ2n) is 18.4. The van der Waals surface area contributed by atoms with E-state index in [-0.39, 0.29) is 0 Å². The lowest BCUT2D eigenvalue weighted by Crippen LogP contribution is -2.00. The normalized spacial score (nSPS) is 11.5. The minimum atomic E-state index is 0.550. The van der Waals surface area contributed by atoms with Gasteiger partial charge in [-0.3, -0.25) is 0 Å². The Morgan fingerprint density at radius 1 is 0.189 bits per heavy atom. The van der Waals surface area contributed by atoms with Gasteiger partial charge in [-0.25, -0.2) is 24.9 Å². The number of rotatable bonds is 9. The summed E-state index contributed by atoms with van der Waals surface area (Å²) in [4.78, 5) is 26.0. The van der Waals surface area contributed by atoms with Gasteiger partial charge in [-0.05, 0) is 94.0 Å². The van der Waals surface area contributed by atoms with Crippen LogP contribution in [0, 0.1) is 0 Å². The van der Waals surface area contributed by atoms with E-state index in [9.17, 15) is 0 Å². The molecule has 14 aromatic rings. The summed E-state index contributed by atoms with van der Waals surface area (Å²) in [5, 5.41) is 4.24. The number of furan rings is 2. The second-order valence-corrected chi connectivity index (χ2v) is 18.4. The molecule has 0 aliphatic rings. The molecule has 0 aliphatic heterocycles. The van der Waals surface area contributed by atoms with Crippen LogP contribution >= 0.6 is 0 Å². The van der Waals surface area contributed by atoms with Gasteiger partial charge in [0.1, 0.15) is 22.3 Å². The molecule has 0 saturated heterocycles. The van der Waals surface area contributed by atoms with Crippen molar-refractivity contribution in [2.24, 2.45) is 0 Å². The minimum absolute atomic E-state index is 0.550. The highest BCUT2D eigenvalue weighted by molar-refractivity contribution is 6.06. The molecule has 0 saturated carbocycles. The molecule has 0 radical (unpaired) electrons. The Balaban J connectivity index is 0.865. The van der Waals surface area contributed by atoms with Crippen LogP contribution in [0.25, 0.3) is 145 Å². The van der Waals surface area contributed by atoms with Crippen LogP contribution in [0.15, 0.2) is 258 Å². The monoisotopic (exact) mass is 947 g/mol. The molecule has 0 spiro atoms. The van der Waals surface area contributed by atoms with E-state index in [4.69, 9.17) is 33.8 Å². The molecule has 0 atom stereocenters. The maximum Gasteiger partial charge on any atom is 0.164 e. The molecule has 4 heterocycles. The Morgan fingerprint density at radius 2 is 0.514 bits per heavy atom. The van der Waals surface area contributed by atoms with Gasteiger partial charge in [0, 0.05) is 54.9 Å². The van der Waals surface area contributed by atoms with E-state index in [0.717, 1.165) is 122 Å². The van der Waals surface area contributed by atoms with Crippen LogP contribution in [0.3, 0.4) is 0 Å². The van der Waals surface area contributed by atoms with Crippen molar-refractivity contribution < 1.29 is 8.83 Å². The minimum Gasteiger partial charge on any atom is -0.456 e. The maximum atomic E-state index is 6.34. The molecule has 74 heavy (non-hydrogen) atoms. The Hall–Kier alpha value is -10.1. The van der Waals surface area contributed by atoms with Crippen molar-refractivity contribution in [2.75, 3.05) is 0 Å². The highest BCUT2D eigenvalue weighted by atomic mass is 16.3. The SMILES string of the molecule is c1ccc(-c2ccc(-c3cc(-c4cccc(-c5cccc(-c6nc(-c7cccc(-c8ccccc8)c7)nc(-c7ccc8c(c7)oc7ccccc78)n6)c5)c4)nc(-c4ccc5c(c4)oc4ccccc45)n3)cc2)cc1. The standard InChI is InChI=1S/C67H41N5O2/c1-3-14-42(15-4-1)44-28-30-45(31-29-44)58-41-59(69-64(68-58)52-32-34-56-54-24-7-9-26-60(54)73-62(56)39-52)49-21-11-19-47(36-49)48-20-13-23-51(38-48)66-70-65(50-22-12-18-46(37-50)43-16-5-2-6-17-43)71-67(72-66)53-33-35-57-55-25-8-10-27-61(55)74-63(57)40-53/h1-41H. The molecule has 7 heteroatoms. The average molecular weight is 948 g/mol. The number of hydrogen-bond acceptors (Lipinski definition) is 7. The fraction of sp³-hybridized carbons (Fsp3) is 0. The van der Waals surface area contributed by atoms with Gasteiger partial charge in [0.2, 0.25) is 0 Å². The Kier molecular flexibility index (Phi) is 10.4. The summed E-state index contributed by atoms with van der Waals surface area (Å²) in [5.41, 5.74) is 16.8. The molecular formula is C67H41N5O2. The molecular weight excluding hydrogens is 907 g/mol. The third-order valence-corrected chi connectivity index (χ3v) is 13.8. The number of para-hydroxylation sites is 2.